The van der Waals surface area contributed by atoms with E-state index in [0.717, 1.165) is 25.7 Å². The molecule has 0 heterocycles. The molecule has 0 aromatic rings. The number of carbonyl (C=O) groups is 1. The van der Waals surface area contributed by atoms with Gasteiger partial charge in [-0.2, -0.15) is 0 Å². The summed E-state index contributed by atoms with van der Waals surface area (Å²) in [6.07, 6.45) is 32.2. The van der Waals surface area contributed by atoms with Crippen molar-refractivity contribution in [3.8, 4) is 0 Å². The van der Waals surface area contributed by atoms with Crippen LogP contribution in [-0.4, -0.2) is 22.3 Å². The number of aliphatic hydroxyl groups excluding tert-OH is 1. The van der Waals surface area contributed by atoms with Gasteiger partial charge in [-0.1, -0.05) is 148 Å². The zero-order valence-electron chi connectivity index (χ0n) is 21.8. The van der Waals surface area contributed by atoms with Crippen molar-refractivity contribution < 1.29 is 15.0 Å². The van der Waals surface area contributed by atoms with E-state index in [9.17, 15) is 9.90 Å². The van der Waals surface area contributed by atoms with Gasteiger partial charge in [0.25, 0.3) is 0 Å². The number of unbranched alkanes of at least 4 members (excludes halogenated alkanes) is 21. The molecule has 0 aromatic heterocycles. The average molecular weight is 455 g/mol. The molecule has 0 amide bonds. The maximum absolute atomic E-state index is 10.4. The SMILES string of the molecule is CCCCCCCCCCCCCCCCC(O)CCCCCCCCCCCC(=O)O. The minimum Gasteiger partial charge on any atom is -0.481 e. The summed E-state index contributed by atoms with van der Waals surface area (Å²) >= 11 is 0. The highest BCUT2D eigenvalue weighted by atomic mass is 16.4. The monoisotopic (exact) mass is 454 g/mol. The van der Waals surface area contributed by atoms with Gasteiger partial charge in [0.1, 0.15) is 0 Å². The topological polar surface area (TPSA) is 57.5 Å². The fraction of sp³-hybridized carbons (Fsp3) is 0.966. The molecular formula is C29H58O3. The highest BCUT2D eigenvalue weighted by Gasteiger charge is 2.04. The predicted molar refractivity (Wildman–Crippen MR) is 139 cm³/mol. The van der Waals surface area contributed by atoms with Crippen molar-refractivity contribution in [1.82, 2.24) is 0 Å². The van der Waals surface area contributed by atoms with Crippen LogP contribution in [0, 0.1) is 0 Å². The Labute approximate surface area is 201 Å². The number of aliphatic hydroxyl groups is 1. The summed E-state index contributed by atoms with van der Waals surface area (Å²) < 4.78 is 0. The summed E-state index contributed by atoms with van der Waals surface area (Å²) in [6.45, 7) is 2.28. The molecule has 1 atom stereocenters. The predicted octanol–water partition coefficient (Wildman–Crippen LogP) is 9.59. The Morgan fingerprint density at radius 1 is 0.500 bits per heavy atom. The summed E-state index contributed by atoms with van der Waals surface area (Å²) in [7, 11) is 0. The molecule has 3 heteroatoms. The Balaban J connectivity index is 3.15. The van der Waals surface area contributed by atoms with Crippen LogP contribution in [0.4, 0.5) is 0 Å². The minimum atomic E-state index is -0.670. The first-order chi connectivity index (χ1) is 15.7. The van der Waals surface area contributed by atoms with Gasteiger partial charge in [-0.25, -0.2) is 0 Å². The van der Waals surface area contributed by atoms with Crippen molar-refractivity contribution in [3.63, 3.8) is 0 Å². The number of hydrogen-bond donors (Lipinski definition) is 2. The average Bonchev–Trinajstić information content (AvgIpc) is 2.77. The largest absolute Gasteiger partial charge is 0.481 e. The molecule has 0 aliphatic rings. The third-order valence-corrected chi connectivity index (χ3v) is 6.82. The number of aliphatic carboxylic acids is 1. The maximum Gasteiger partial charge on any atom is 0.303 e. The van der Waals surface area contributed by atoms with Crippen molar-refractivity contribution in [1.29, 1.82) is 0 Å². The number of hydrogen-bond acceptors (Lipinski definition) is 2. The van der Waals surface area contributed by atoms with E-state index >= 15 is 0 Å². The van der Waals surface area contributed by atoms with Gasteiger partial charge in [0.2, 0.25) is 0 Å². The first kappa shape index (κ1) is 31.4. The fourth-order valence-electron chi connectivity index (χ4n) is 4.61. The zero-order chi connectivity index (χ0) is 23.5. The van der Waals surface area contributed by atoms with Crippen LogP contribution in [0.25, 0.3) is 0 Å². The van der Waals surface area contributed by atoms with E-state index < -0.39 is 5.97 Å². The lowest BCUT2D eigenvalue weighted by Gasteiger charge is -2.10. The number of carboxylic acid groups (broad SMARTS) is 1. The Hall–Kier alpha value is -0.570. The van der Waals surface area contributed by atoms with Crippen molar-refractivity contribution in [2.45, 2.75) is 180 Å². The van der Waals surface area contributed by atoms with Crippen molar-refractivity contribution in [2.75, 3.05) is 0 Å². The molecule has 0 aromatic carbocycles. The molecule has 192 valence electrons. The van der Waals surface area contributed by atoms with Crippen LogP contribution < -0.4 is 0 Å². The van der Waals surface area contributed by atoms with Crippen molar-refractivity contribution >= 4 is 5.97 Å². The molecule has 0 spiro atoms. The van der Waals surface area contributed by atoms with Gasteiger partial charge >= 0.3 is 5.97 Å². The molecule has 0 rings (SSSR count). The second-order valence-electron chi connectivity index (χ2n) is 10.2. The quantitative estimate of drug-likeness (QED) is 0.121. The van der Waals surface area contributed by atoms with E-state index in [1.807, 2.05) is 0 Å². The summed E-state index contributed by atoms with van der Waals surface area (Å²) in [6, 6.07) is 0. The van der Waals surface area contributed by atoms with Crippen molar-refractivity contribution in [2.24, 2.45) is 0 Å². The molecule has 0 fully saturated rings. The third-order valence-electron chi connectivity index (χ3n) is 6.82. The molecule has 0 radical (unpaired) electrons. The number of carboxylic acids is 1. The molecule has 1 unspecified atom stereocenters. The van der Waals surface area contributed by atoms with E-state index in [4.69, 9.17) is 5.11 Å². The fourth-order valence-corrected chi connectivity index (χ4v) is 4.61. The highest BCUT2D eigenvalue weighted by molar-refractivity contribution is 5.66. The van der Waals surface area contributed by atoms with Crippen LogP contribution >= 0.6 is 0 Å². The molecule has 0 aliphatic heterocycles. The van der Waals surface area contributed by atoms with Crippen molar-refractivity contribution in [3.05, 3.63) is 0 Å². The molecule has 2 N–H and O–H groups in total. The molecule has 0 saturated carbocycles. The van der Waals surface area contributed by atoms with Crippen LogP contribution in [0.3, 0.4) is 0 Å². The van der Waals surface area contributed by atoms with Gasteiger partial charge in [-0.3, -0.25) is 4.79 Å². The Bertz CT molecular complexity index is 369. The molecule has 32 heavy (non-hydrogen) atoms. The highest BCUT2D eigenvalue weighted by Crippen LogP contribution is 2.16. The van der Waals surface area contributed by atoms with Gasteiger partial charge in [-0.15, -0.1) is 0 Å². The smallest absolute Gasteiger partial charge is 0.303 e. The molecule has 0 aliphatic carbocycles. The van der Waals surface area contributed by atoms with Crippen LogP contribution in [0.1, 0.15) is 174 Å². The lowest BCUT2D eigenvalue weighted by atomic mass is 10.0. The molecule has 0 bridgehead atoms. The molecule has 0 saturated heterocycles. The molecule has 3 nitrogen and oxygen atoms in total. The Morgan fingerprint density at radius 2 is 0.781 bits per heavy atom. The van der Waals surface area contributed by atoms with E-state index in [0.29, 0.717) is 6.42 Å². The van der Waals surface area contributed by atoms with E-state index in [-0.39, 0.29) is 6.10 Å². The standard InChI is InChI=1S/C29H58O3/c1-2-3-4-5-6-7-8-9-10-11-13-16-19-22-25-28(30)26-23-20-17-14-12-15-18-21-24-27-29(31)32/h28,30H,2-27H2,1H3,(H,31,32). The second-order valence-corrected chi connectivity index (χ2v) is 10.2. The zero-order valence-corrected chi connectivity index (χ0v) is 21.8. The van der Waals surface area contributed by atoms with Gasteiger partial charge in [0.15, 0.2) is 0 Å². The lowest BCUT2D eigenvalue weighted by Crippen LogP contribution is -2.05. The summed E-state index contributed by atoms with van der Waals surface area (Å²) in [4.78, 5) is 10.4. The lowest BCUT2D eigenvalue weighted by molar-refractivity contribution is -0.137. The first-order valence-electron chi connectivity index (χ1n) is 14.6. The maximum atomic E-state index is 10.4. The van der Waals surface area contributed by atoms with E-state index in [2.05, 4.69) is 6.92 Å². The van der Waals surface area contributed by atoms with Gasteiger partial charge in [0, 0.05) is 6.42 Å². The van der Waals surface area contributed by atoms with Crippen LogP contribution in [-0.2, 0) is 4.79 Å². The summed E-state index contributed by atoms with van der Waals surface area (Å²) in [5, 5.41) is 18.8. The first-order valence-corrected chi connectivity index (χ1v) is 14.6. The van der Waals surface area contributed by atoms with Crippen LogP contribution in [0.5, 0.6) is 0 Å². The number of rotatable bonds is 27. The van der Waals surface area contributed by atoms with E-state index in [1.54, 1.807) is 0 Å². The van der Waals surface area contributed by atoms with Crippen LogP contribution in [0.15, 0.2) is 0 Å². The summed E-state index contributed by atoms with van der Waals surface area (Å²) in [5.41, 5.74) is 0. The summed E-state index contributed by atoms with van der Waals surface area (Å²) in [5.74, 6) is -0.670. The molecular weight excluding hydrogens is 396 g/mol. The van der Waals surface area contributed by atoms with Gasteiger partial charge < -0.3 is 10.2 Å². The Morgan fingerprint density at radius 3 is 1.09 bits per heavy atom. The van der Waals surface area contributed by atoms with Gasteiger partial charge in [0.05, 0.1) is 6.10 Å². The van der Waals surface area contributed by atoms with Crippen LogP contribution in [0.2, 0.25) is 0 Å². The van der Waals surface area contributed by atoms with Gasteiger partial charge in [-0.05, 0) is 19.3 Å². The van der Waals surface area contributed by atoms with E-state index in [1.165, 1.54) is 135 Å². The minimum absolute atomic E-state index is 0.0819. The second kappa shape index (κ2) is 26.7. The Kier molecular flexibility index (Phi) is 26.2. The normalized spacial score (nSPS) is 12.3. The third kappa shape index (κ3) is 27.5.